The lowest BCUT2D eigenvalue weighted by Gasteiger charge is -2.18. The maximum absolute atomic E-state index is 12.1. The molecule has 0 radical (unpaired) electrons. The van der Waals surface area contributed by atoms with E-state index in [0.717, 1.165) is 0 Å². The number of aromatic nitrogens is 3. The molecule has 3 rings (SSSR count). The molecule has 0 aliphatic rings. The fraction of sp³-hybridized carbons (Fsp3) is 0.316. The number of rotatable bonds is 4. The van der Waals surface area contributed by atoms with Crippen LogP contribution >= 0.6 is 22.9 Å². The van der Waals surface area contributed by atoms with E-state index in [0.29, 0.717) is 22.0 Å². The number of nitrogens with zero attached hydrogens (tertiary/aromatic N) is 3. The van der Waals surface area contributed by atoms with E-state index in [4.69, 9.17) is 20.8 Å². The van der Waals surface area contributed by atoms with Gasteiger partial charge in [-0.3, -0.25) is 0 Å². The van der Waals surface area contributed by atoms with Gasteiger partial charge < -0.3 is 13.9 Å². The summed E-state index contributed by atoms with van der Waals surface area (Å²) < 4.78 is 15.5. The summed E-state index contributed by atoms with van der Waals surface area (Å²) in [5.41, 5.74) is 0.562. The Morgan fingerprint density at radius 3 is 2.48 bits per heavy atom. The number of ether oxygens (including phenoxy) is 2. The minimum atomic E-state index is -0.610. The summed E-state index contributed by atoms with van der Waals surface area (Å²) in [6.45, 7) is 6.96. The van der Waals surface area contributed by atoms with E-state index >= 15 is 0 Å². The van der Waals surface area contributed by atoms with Crippen LogP contribution in [0.1, 0.15) is 47.5 Å². The van der Waals surface area contributed by atoms with Gasteiger partial charge in [-0.05, 0) is 39.8 Å². The van der Waals surface area contributed by atoms with Crippen molar-refractivity contribution in [2.45, 2.75) is 33.3 Å². The van der Waals surface area contributed by atoms with Crippen LogP contribution in [0.5, 0.6) is 0 Å². The maximum Gasteiger partial charge on any atom is 0.360 e. The van der Waals surface area contributed by atoms with Crippen molar-refractivity contribution >= 4 is 34.9 Å². The highest BCUT2D eigenvalue weighted by Gasteiger charge is 2.23. The van der Waals surface area contributed by atoms with Gasteiger partial charge in [0.1, 0.15) is 27.2 Å². The first-order valence-electron chi connectivity index (χ1n) is 8.51. The third kappa shape index (κ3) is 4.63. The SMILES string of the molecule is COC(=O)c1nc(-c2ccc(-c3nc(C(=O)OC(C)(C)C)cs3)nc2Cl)oc1C. The van der Waals surface area contributed by atoms with Crippen LogP contribution in [-0.2, 0) is 9.47 Å². The Kier molecular flexibility index (Phi) is 5.72. The zero-order valence-corrected chi connectivity index (χ0v) is 18.0. The standard InChI is InChI=1S/C19H18ClN3O5S/c1-9-13(18(25)26-5)23-15(27-9)10-6-7-11(21-14(10)20)16-22-12(8-29-16)17(24)28-19(2,3)4/h6-8H,1-5H3. The van der Waals surface area contributed by atoms with E-state index in [1.807, 2.05) is 0 Å². The second-order valence-electron chi connectivity index (χ2n) is 6.99. The van der Waals surface area contributed by atoms with Crippen LogP contribution in [0.25, 0.3) is 22.2 Å². The van der Waals surface area contributed by atoms with E-state index in [-0.39, 0.29) is 22.4 Å². The normalized spacial score (nSPS) is 11.4. The van der Waals surface area contributed by atoms with Crippen molar-refractivity contribution in [3.63, 3.8) is 0 Å². The molecule has 0 fully saturated rings. The van der Waals surface area contributed by atoms with Gasteiger partial charge in [-0.2, -0.15) is 0 Å². The van der Waals surface area contributed by atoms with Crippen LogP contribution in [0.3, 0.4) is 0 Å². The molecule has 0 N–H and O–H groups in total. The molecule has 0 aromatic carbocycles. The van der Waals surface area contributed by atoms with Gasteiger partial charge in [0.05, 0.1) is 12.7 Å². The highest BCUT2D eigenvalue weighted by atomic mass is 35.5. The van der Waals surface area contributed by atoms with E-state index in [1.165, 1.54) is 18.4 Å². The van der Waals surface area contributed by atoms with Crippen molar-refractivity contribution in [3.8, 4) is 22.2 Å². The van der Waals surface area contributed by atoms with Gasteiger partial charge in [-0.15, -0.1) is 11.3 Å². The van der Waals surface area contributed by atoms with Crippen molar-refractivity contribution in [1.82, 2.24) is 15.0 Å². The van der Waals surface area contributed by atoms with Gasteiger partial charge in [-0.1, -0.05) is 11.6 Å². The molecule has 0 amide bonds. The number of methoxy groups -OCH3 is 1. The number of esters is 2. The van der Waals surface area contributed by atoms with Crippen LogP contribution in [0, 0.1) is 6.92 Å². The molecule has 0 aliphatic heterocycles. The van der Waals surface area contributed by atoms with E-state index in [9.17, 15) is 9.59 Å². The molecular weight excluding hydrogens is 418 g/mol. The number of pyridine rings is 1. The summed E-state index contributed by atoms with van der Waals surface area (Å²) in [6.07, 6.45) is 0. The second kappa shape index (κ2) is 7.92. The molecule has 8 nitrogen and oxygen atoms in total. The third-order valence-electron chi connectivity index (χ3n) is 3.59. The molecule has 0 saturated carbocycles. The van der Waals surface area contributed by atoms with Gasteiger partial charge in [0.15, 0.2) is 11.4 Å². The van der Waals surface area contributed by atoms with Crippen molar-refractivity contribution in [2.24, 2.45) is 0 Å². The first-order chi connectivity index (χ1) is 13.6. The van der Waals surface area contributed by atoms with Gasteiger partial charge in [-0.25, -0.2) is 24.5 Å². The summed E-state index contributed by atoms with van der Waals surface area (Å²) in [6, 6.07) is 3.34. The number of thiazole rings is 1. The van der Waals surface area contributed by atoms with E-state index in [2.05, 4.69) is 19.7 Å². The molecule has 0 spiro atoms. The number of carbonyl (C=O) groups excluding carboxylic acids is 2. The van der Waals surface area contributed by atoms with Crippen molar-refractivity contribution in [1.29, 1.82) is 0 Å². The largest absolute Gasteiger partial charge is 0.464 e. The number of halogens is 1. The lowest BCUT2D eigenvalue weighted by Crippen LogP contribution is -2.24. The van der Waals surface area contributed by atoms with Crippen LogP contribution in [0.2, 0.25) is 5.15 Å². The summed E-state index contributed by atoms with van der Waals surface area (Å²) in [5, 5.41) is 2.24. The van der Waals surface area contributed by atoms with Crippen molar-refractivity contribution < 1.29 is 23.5 Å². The van der Waals surface area contributed by atoms with Crippen molar-refractivity contribution in [3.05, 3.63) is 39.8 Å². The third-order valence-corrected chi connectivity index (χ3v) is 4.74. The number of hydrogen-bond donors (Lipinski definition) is 0. The van der Waals surface area contributed by atoms with Crippen LogP contribution in [0.15, 0.2) is 21.9 Å². The quantitative estimate of drug-likeness (QED) is 0.433. The van der Waals surface area contributed by atoms with Crippen LogP contribution in [0.4, 0.5) is 0 Å². The molecule has 0 unspecified atom stereocenters. The zero-order chi connectivity index (χ0) is 21.3. The highest BCUT2D eigenvalue weighted by Crippen LogP contribution is 2.31. The van der Waals surface area contributed by atoms with Crippen LogP contribution < -0.4 is 0 Å². The fourth-order valence-electron chi connectivity index (χ4n) is 2.33. The first-order valence-corrected chi connectivity index (χ1v) is 9.76. The average Bonchev–Trinajstić information content (AvgIpc) is 3.26. The maximum atomic E-state index is 12.1. The highest BCUT2D eigenvalue weighted by molar-refractivity contribution is 7.13. The van der Waals surface area contributed by atoms with Gasteiger partial charge in [0, 0.05) is 5.38 Å². The van der Waals surface area contributed by atoms with Gasteiger partial charge in [0.2, 0.25) is 5.89 Å². The summed E-state index contributed by atoms with van der Waals surface area (Å²) in [4.78, 5) is 36.6. The van der Waals surface area contributed by atoms with Gasteiger partial charge in [0.25, 0.3) is 0 Å². The predicted molar refractivity (Wildman–Crippen MR) is 107 cm³/mol. The Morgan fingerprint density at radius 1 is 1.14 bits per heavy atom. The Balaban J connectivity index is 1.87. The molecule has 10 heteroatoms. The molecule has 0 aliphatic carbocycles. The summed E-state index contributed by atoms with van der Waals surface area (Å²) in [5.74, 6) is -0.640. The van der Waals surface area contributed by atoms with E-state index in [1.54, 1.807) is 45.2 Å². The van der Waals surface area contributed by atoms with Gasteiger partial charge >= 0.3 is 11.9 Å². The minimum absolute atomic E-state index is 0.0737. The average molecular weight is 436 g/mol. The van der Waals surface area contributed by atoms with E-state index < -0.39 is 17.5 Å². The molecule has 3 heterocycles. The number of hydrogen-bond acceptors (Lipinski definition) is 9. The predicted octanol–water partition coefficient (Wildman–Crippen LogP) is 4.56. The lowest BCUT2D eigenvalue weighted by molar-refractivity contribution is 0.00636. The smallest absolute Gasteiger partial charge is 0.360 e. The first kappa shape index (κ1) is 20.9. The fourth-order valence-corrected chi connectivity index (χ4v) is 3.32. The number of oxazole rings is 1. The topological polar surface area (TPSA) is 104 Å². The van der Waals surface area contributed by atoms with Crippen LogP contribution in [-0.4, -0.2) is 39.6 Å². The minimum Gasteiger partial charge on any atom is -0.464 e. The molecule has 29 heavy (non-hydrogen) atoms. The monoisotopic (exact) mass is 435 g/mol. The molecule has 0 atom stereocenters. The Bertz CT molecular complexity index is 1080. The Labute approximate surface area is 175 Å². The summed E-state index contributed by atoms with van der Waals surface area (Å²) in [7, 11) is 1.26. The number of aryl methyl sites for hydroxylation is 1. The molecule has 0 bridgehead atoms. The molecule has 3 aromatic rings. The Morgan fingerprint density at radius 2 is 1.86 bits per heavy atom. The molecule has 152 valence electrons. The number of carbonyl (C=O) groups is 2. The Hall–Kier alpha value is -2.78. The zero-order valence-electron chi connectivity index (χ0n) is 16.4. The van der Waals surface area contributed by atoms with Crippen molar-refractivity contribution in [2.75, 3.05) is 7.11 Å². The second-order valence-corrected chi connectivity index (χ2v) is 8.21. The lowest BCUT2D eigenvalue weighted by atomic mass is 10.2. The molecule has 3 aromatic heterocycles. The summed E-state index contributed by atoms with van der Waals surface area (Å²) >= 11 is 7.55. The molecular formula is C19H18ClN3O5S. The molecule has 0 saturated heterocycles.